The van der Waals surface area contributed by atoms with E-state index in [1.165, 1.54) is 6.08 Å². The molecule has 35 heavy (non-hydrogen) atoms. The summed E-state index contributed by atoms with van der Waals surface area (Å²) in [5.74, 6) is -0.303. The average molecular weight is 485 g/mol. The van der Waals surface area contributed by atoms with Crippen molar-refractivity contribution in [1.82, 2.24) is 0 Å². The molecule has 194 valence electrons. The summed E-state index contributed by atoms with van der Waals surface area (Å²) < 4.78 is 0. The summed E-state index contributed by atoms with van der Waals surface area (Å²) in [6, 6.07) is 0. The first-order chi connectivity index (χ1) is 16.0. The molecule has 0 aromatic rings. The average Bonchev–Trinajstić information content (AvgIpc) is 3.02. The van der Waals surface area contributed by atoms with E-state index in [1.54, 1.807) is 0 Å². The number of Topliss-reactive ketones (excluding diaryl/α,β-unsaturated/α-hetero) is 2. The summed E-state index contributed by atoms with van der Waals surface area (Å²) in [5.41, 5.74) is -1.37. The summed E-state index contributed by atoms with van der Waals surface area (Å²) in [6.45, 7) is 16.2. The van der Waals surface area contributed by atoms with Crippen molar-refractivity contribution in [3.8, 4) is 0 Å². The predicted octanol–water partition coefficient (Wildman–Crippen LogP) is 4.70. The highest BCUT2D eigenvalue weighted by molar-refractivity contribution is 5.95. The van der Waals surface area contributed by atoms with Crippen molar-refractivity contribution in [3.05, 3.63) is 23.8 Å². The summed E-state index contributed by atoms with van der Waals surface area (Å²) in [4.78, 5) is 40.0. The Hall–Kier alpha value is -1.59. The summed E-state index contributed by atoms with van der Waals surface area (Å²) in [7, 11) is 0. The molecule has 9 atom stereocenters. The first-order valence-corrected chi connectivity index (χ1v) is 13.4. The lowest BCUT2D eigenvalue weighted by atomic mass is 9.37. The molecule has 0 unspecified atom stereocenters. The first kappa shape index (κ1) is 26.5. The lowest BCUT2D eigenvalue weighted by Crippen LogP contribution is -2.65. The van der Waals surface area contributed by atoms with Crippen molar-refractivity contribution in [2.24, 2.45) is 51.2 Å². The number of aliphatic hydroxyl groups excluding tert-OH is 2. The first-order valence-electron chi connectivity index (χ1n) is 13.4. The van der Waals surface area contributed by atoms with Gasteiger partial charge in [-0.3, -0.25) is 14.4 Å². The third kappa shape index (κ3) is 3.43. The van der Waals surface area contributed by atoms with E-state index in [0.29, 0.717) is 12.8 Å². The monoisotopic (exact) mass is 484 g/mol. The van der Waals surface area contributed by atoms with Crippen molar-refractivity contribution < 1.29 is 24.6 Å². The quantitative estimate of drug-likeness (QED) is 0.446. The molecule has 0 aromatic heterocycles. The molecule has 0 aliphatic heterocycles. The van der Waals surface area contributed by atoms with Crippen molar-refractivity contribution in [2.75, 3.05) is 0 Å². The molecule has 0 aromatic carbocycles. The fourth-order valence-corrected chi connectivity index (χ4v) is 9.01. The van der Waals surface area contributed by atoms with Crippen LogP contribution in [0, 0.1) is 51.2 Å². The maximum Gasteiger partial charge on any atom is 0.184 e. The molecular weight excluding hydrogens is 440 g/mol. The predicted molar refractivity (Wildman–Crippen MR) is 135 cm³/mol. The lowest BCUT2D eigenvalue weighted by molar-refractivity contribution is -0.179. The number of ketones is 3. The Morgan fingerprint density at radius 3 is 2.34 bits per heavy atom. The molecule has 4 aliphatic carbocycles. The van der Waals surface area contributed by atoms with E-state index in [-0.39, 0.29) is 58.8 Å². The van der Waals surface area contributed by atoms with Crippen LogP contribution in [0.4, 0.5) is 0 Å². The zero-order valence-corrected chi connectivity index (χ0v) is 22.7. The molecule has 0 spiro atoms. The molecule has 2 N–H and O–H groups in total. The molecule has 0 saturated heterocycles. The van der Waals surface area contributed by atoms with Crippen LogP contribution in [0.1, 0.15) is 81.1 Å². The zero-order valence-electron chi connectivity index (χ0n) is 22.7. The van der Waals surface area contributed by atoms with Gasteiger partial charge in [-0.15, -0.1) is 0 Å². The van der Waals surface area contributed by atoms with Crippen LogP contribution in [-0.2, 0) is 14.4 Å². The normalized spacial score (nSPS) is 45.7. The Bertz CT molecular complexity index is 1000. The maximum absolute atomic E-state index is 14.2. The van der Waals surface area contributed by atoms with Crippen LogP contribution in [0.2, 0.25) is 0 Å². The molecule has 0 heterocycles. The molecule has 5 heteroatoms. The van der Waals surface area contributed by atoms with Crippen LogP contribution in [0.5, 0.6) is 0 Å². The number of carbonyl (C=O) groups excluding carboxylic acids is 3. The summed E-state index contributed by atoms with van der Waals surface area (Å²) in [5, 5.41) is 22.0. The van der Waals surface area contributed by atoms with Crippen LogP contribution < -0.4 is 0 Å². The van der Waals surface area contributed by atoms with Gasteiger partial charge in [0.05, 0.1) is 0 Å². The van der Waals surface area contributed by atoms with Crippen LogP contribution in [0.15, 0.2) is 23.8 Å². The molecule has 5 nitrogen and oxygen atoms in total. The number of aliphatic hydroxyl groups is 2. The van der Waals surface area contributed by atoms with Crippen LogP contribution in [0.25, 0.3) is 0 Å². The highest BCUT2D eigenvalue weighted by atomic mass is 16.3. The number of hydrogen-bond acceptors (Lipinski definition) is 5. The van der Waals surface area contributed by atoms with Gasteiger partial charge in [-0.1, -0.05) is 59.3 Å². The minimum Gasteiger partial charge on any atom is -0.385 e. The van der Waals surface area contributed by atoms with Gasteiger partial charge >= 0.3 is 0 Å². The summed E-state index contributed by atoms with van der Waals surface area (Å²) in [6.07, 6.45) is 5.45. The van der Waals surface area contributed by atoms with Gasteiger partial charge in [0.15, 0.2) is 11.6 Å². The maximum atomic E-state index is 14.2. The van der Waals surface area contributed by atoms with Crippen molar-refractivity contribution in [2.45, 2.75) is 93.3 Å². The Balaban J connectivity index is 1.78. The number of fused-ring (bicyclic) bond motifs is 5. The van der Waals surface area contributed by atoms with Gasteiger partial charge in [-0.25, -0.2) is 0 Å². The largest absolute Gasteiger partial charge is 0.385 e. The molecule has 0 bridgehead atoms. The van der Waals surface area contributed by atoms with Crippen LogP contribution in [-0.4, -0.2) is 39.8 Å². The Kier molecular flexibility index (Phi) is 6.21. The van der Waals surface area contributed by atoms with Gasteiger partial charge in [0, 0.05) is 23.2 Å². The number of allylic oxidation sites excluding steroid dienone is 3. The van der Waals surface area contributed by atoms with Crippen LogP contribution >= 0.6 is 0 Å². The van der Waals surface area contributed by atoms with Crippen LogP contribution in [0.3, 0.4) is 0 Å². The van der Waals surface area contributed by atoms with E-state index >= 15 is 0 Å². The van der Waals surface area contributed by atoms with Crippen molar-refractivity contribution >= 4 is 17.3 Å². The van der Waals surface area contributed by atoms with Crippen molar-refractivity contribution in [1.29, 1.82) is 0 Å². The Morgan fingerprint density at radius 2 is 1.74 bits per heavy atom. The van der Waals surface area contributed by atoms with E-state index in [0.717, 1.165) is 12.0 Å². The molecular formula is C30H44O5. The third-order valence-corrected chi connectivity index (χ3v) is 11.0. The number of carbonyl (C=O) groups is 3. The molecule has 4 rings (SSSR count). The molecule has 0 amide bonds. The fraction of sp³-hybridized carbons (Fsp3) is 0.767. The SMILES string of the molecule is CC(C)/C=C/C(=O)[C@@H](O)[C@H]1[C@@H](C)C[C@@H]2[C@]1(C)CC(=O)[C@@]1(C)[C@@H]3C[C@H](O)C(=O)C(C)(C)C3=CC[C@@]21C. The molecule has 0 radical (unpaired) electrons. The minimum absolute atomic E-state index is 0.101. The lowest BCUT2D eigenvalue weighted by Gasteiger charge is -2.65. The second-order valence-electron chi connectivity index (χ2n) is 13.6. The second kappa shape index (κ2) is 8.21. The molecule has 3 saturated carbocycles. The van der Waals surface area contributed by atoms with Crippen molar-refractivity contribution in [3.63, 3.8) is 0 Å². The topological polar surface area (TPSA) is 91.7 Å². The second-order valence-corrected chi connectivity index (χ2v) is 13.6. The van der Waals surface area contributed by atoms with Gasteiger partial charge in [0.25, 0.3) is 0 Å². The molecule has 4 aliphatic rings. The van der Waals surface area contributed by atoms with E-state index in [4.69, 9.17) is 0 Å². The Morgan fingerprint density at radius 1 is 1.11 bits per heavy atom. The van der Waals surface area contributed by atoms with E-state index in [1.807, 2.05) is 33.8 Å². The highest BCUT2D eigenvalue weighted by Gasteiger charge is 2.72. The number of rotatable bonds is 4. The van der Waals surface area contributed by atoms with Gasteiger partial charge in [0.1, 0.15) is 18.0 Å². The van der Waals surface area contributed by atoms with Gasteiger partial charge < -0.3 is 10.2 Å². The van der Waals surface area contributed by atoms with Gasteiger partial charge in [-0.2, -0.15) is 0 Å². The van der Waals surface area contributed by atoms with Gasteiger partial charge in [0.2, 0.25) is 0 Å². The van der Waals surface area contributed by atoms with E-state index < -0.39 is 28.5 Å². The molecule has 3 fully saturated rings. The minimum atomic E-state index is -1.13. The smallest absolute Gasteiger partial charge is 0.184 e. The zero-order chi connectivity index (χ0) is 26.3. The highest BCUT2D eigenvalue weighted by Crippen LogP contribution is 2.73. The van der Waals surface area contributed by atoms with E-state index in [9.17, 15) is 24.6 Å². The van der Waals surface area contributed by atoms with E-state index in [2.05, 4.69) is 33.8 Å². The standard InChI is InChI=1S/C30H44O5/c1-16(2)9-10-20(31)25(34)24-17(3)13-22-28(24,6)15-23(33)30(8)19-14-21(32)26(35)27(4,5)18(19)11-12-29(22,30)7/h9-11,16-17,19,21-22,24-25,32,34H,12-15H2,1-8H3/b10-9+/t17-,19+,21-,22+,24+,25+,28-,29-,30+/m0/s1. The summed E-state index contributed by atoms with van der Waals surface area (Å²) >= 11 is 0. The Labute approximate surface area is 210 Å². The third-order valence-electron chi connectivity index (χ3n) is 11.0. The van der Waals surface area contributed by atoms with Gasteiger partial charge in [-0.05, 0) is 73.7 Å². The number of hydrogen-bond donors (Lipinski definition) is 2. The fourth-order valence-electron chi connectivity index (χ4n) is 9.01.